The minimum Gasteiger partial charge on any atom is -0.385 e. The minimum atomic E-state index is -0.516. The van der Waals surface area contributed by atoms with Gasteiger partial charge in [0.2, 0.25) is 0 Å². The van der Waals surface area contributed by atoms with Gasteiger partial charge in [-0.05, 0) is 31.9 Å². The highest BCUT2D eigenvalue weighted by Gasteiger charge is 2.29. The van der Waals surface area contributed by atoms with E-state index in [-0.39, 0.29) is 5.92 Å². The molecule has 0 amide bonds. The molecular formula is C16H22N4O. The first-order valence-electron chi connectivity index (χ1n) is 7.49. The summed E-state index contributed by atoms with van der Waals surface area (Å²) >= 11 is 0. The highest BCUT2D eigenvalue weighted by molar-refractivity contribution is 5.39. The minimum absolute atomic E-state index is 0.196. The van der Waals surface area contributed by atoms with Crippen LogP contribution in [0.4, 0.5) is 5.82 Å². The van der Waals surface area contributed by atoms with E-state index in [0.717, 1.165) is 43.3 Å². The normalized spacial score (nSPS) is 20.5. The van der Waals surface area contributed by atoms with E-state index in [9.17, 15) is 5.11 Å². The zero-order valence-electron chi connectivity index (χ0n) is 12.6. The zero-order chi connectivity index (χ0) is 14.8. The van der Waals surface area contributed by atoms with Gasteiger partial charge in [-0.15, -0.1) is 0 Å². The van der Waals surface area contributed by atoms with Gasteiger partial charge in [0.1, 0.15) is 17.7 Å². The highest BCUT2D eigenvalue weighted by atomic mass is 16.3. The molecule has 0 aromatic carbocycles. The second-order valence-electron chi connectivity index (χ2n) is 5.83. The molecule has 2 aromatic rings. The van der Waals surface area contributed by atoms with Crippen LogP contribution >= 0.6 is 0 Å². The van der Waals surface area contributed by atoms with E-state index in [4.69, 9.17) is 0 Å². The number of hydrogen-bond donors (Lipinski definition) is 1. The van der Waals surface area contributed by atoms with Gasteiger partial charge in [0, 0.05) is 44.1 Å². The van der Waals surface area contributed by atoms with Crippen molar-refractivity contribution in [1.29, 1.82) is 0 Å². The first-order chi connectivity index (χ1) is 10.1. The molecule has 5 nitrogen and oxygen atoms in total. The third-order valence-electron chi connectivity index (χ3n) is 4.22. The first kappa shape index (κ1) is 14.1. The van der Waals surface area contributed by atoms with E-state index in [1.165, 1.54) is 0 Å². The number of nitrogens with zero attached hydrogens (tertiary/aromatic N) is 4. The average Bonchev–Trinajstić information content (AvgIpc) is 2.93. The molecule has 0 saturated carbocycles. The van der Waals surface area contributed by atoms with Gasteiger partial charge in [0.15, 0.2) is 0 Å². The Morgan fingerprint density at radius 1 is 1.38 bits per heavy atom. The van der Waals surface area contributed by atoms with Crippen LogP contribution in [0.15, 0.2) is 30.6 Å². The third-order valence-corrected chi connectivity index (χ3v) is 4.22. The maximum absolute atomic E-state index is 10.6. The SMILES string of the molecule is Cc1cccc(N2CCCC(C(O)c3nccn3C)C2)n1. The van der Waals surface area contributed by atoms with Crippen LogP contribution in [-0.4, -0.2) is 32.7 Å². The molecule has 0 spiro atoms. The van der Waals surface area contributed by atoms with Gasteiger partial charge in [0.05, 0.1) is 0 Å². The number of aryl methyl sites for hydroxylation is 2. The van der Waals surface area contributed by atoms with E-state index in [1.807, 2.05) is 42.9 Å². The topological polar surface area (TPSA) is 54.2 Å². The lowest BCUT2D eigenvalue weighted by Gasteiger charge is -2.35. The Kier molecular flexibility index (Phi) is 3.92. The van der Waals surface area contributed by atoms with Gasteiger partial charge in [-0.25, -0.2) is 9.97 Å². The van der Waals surface area contributed by atoms with Gasteiger partial charge >= 0.3 is 0 Å². The zero-order valence-corrected chi connectivity index (χ0v) is 12.6. The second kappa shape index (κ2) is 5.85. The van der Waals surface area contributed by atoms with Gasteiger partial charge in [-0.3, -0.25) is 0 Å². The van der Waals surface area contributed by atoms with Gasteiger partial charge in [-0.1, -0.05) is 6.07 Å². The quantitative estimate of drug-likeness (QED) is 0.938. The molecule has 3 heterocycles. The van der Waals surface area contributed by atoms with Crippen LogP contribution in [0.25, 0.3) is 0 Å². The predicted octanol–water partition coefficient (Wildman–Crippen LogP) is 2.07. The van der Waals surface area contributed by atoms with Crippen molar-refractivity contribution < 1.29 is 5.11 Å². The molecule has 112 valence electrons. The van der Waals surface area contributed by atoms with Crippen LogP contribution in [0, 0.1) is 12.8 Å². The fraction of sp³-hybridized carbons (Fsp3) is 0.500. The van der Waals surface area contributed by atoms with Crippen LogP contribution in [0.3, 0.4) is 0 Å². The monoisotopic (exact) mass is 286 g/mol. The molecule has 1 N–H and O–H groups in total. The first-order valence-corrected chi connectivity index (χ1v) is 7.49. The molecule has 2 unspecified atom stereocenters. The van der Waals surface area contributed by atoms with Crippen molar-refractivity contribution in [1.82, 2.24) is 14.5 Å². The highest BCUT2D eigenvalue weighted by Crippen LogP contribution is 2.30. The van der Waals surface area contributed by atoms with Crippen molar-refractivity contribution in [3.63, 3.8) is 0 Å². The van der Waals surface area contributed by atoms with E-state index in [1.54, 1.807) is 6.20 Å². The summed E-state index contributed by atoms with van der Waals surface area (Å²) in [6, 6.07) is 6.09. The summed E-state index contributed by atoms with van der Waals surface area (Å²) in [6.07, 6.45) is 5.19. The molecule has 2 atom stereocenters. The Labute approximate surface area is 125 Å². The van der Waals surface area contributed by atoms with Gasteiger partial charge in [0.25, 0.3) is 0 Å². The number of hydrogen-bond acceptors (Lipinski definition) is 4. The summed E-state index contributed by atoms with van der Waals surface area (Å²) in [7, 11) is 1.92. The number of anilines is 1. The van der Waals surface area contributed by atoms with Crippen LogP contribution in [0.1, 0.15) is 30.5 Å². The van der Waals surface area contributed by atoms with E-state index in [2.05, 4.69) is 14.9 Å². The van der Waals surface area contributed by atoms with Crippen LogP contribution in [-0.2, 0) is 7.05 Å². The Morgan fingerprint density at radius 2 is 2.24 bits per heavy atom. The molecule has 21 heavy (non-hydrogen) atoms. The summed E-state index contributed by atoms with van der Waals surface area (Å²) < 4.78 is 1.90. The Morgan fingerprint density at radius 3 is 2.95 bits per heavy atom. The summed E-state index contributed by atoms with van der Waals surface area (Å²) in [4.78, 5) is 11.1. The smallest absolute Gasteiger partial charge is 0.137 e. The lowest BCUT2D eigenvalue weighted by molar-refractivity contribution is 0.0874. The van der Waals surface area contributed by atoms with Crippen molar-refractivity contribution in [3.8, 4) is 0 Å². The maximum Gasteiger partial charge on any atom is 0.137 e. The summed E-state index contributed by atoms with van der Waals surface area (Å²) in [6.45, 7) is 3.83. The molecule has 3 rings (SSSR count). The average molecular weight is 286 g/mol. The molecule has 0 aliphatic carbocycles. The summed E-state index contributed by atoms with van der Waals surface area (Å²) in [5, 5.41) is 10.6. The van der Waals surface area contributed by atoms with Crippen LogP contribution in [0.2, 0.25) is 0 Å². The Bertz CT molecular complexity index is 610. The van der Waals surface area contributed by atoms with Gasteiger partial charge < -0.3 is 14.6 Å². The number of pyridine rings is 1. The fourth-order valence-electron chi connectivity index (χ4n) is 3.05. The lowest BCUT2D eigenvalue weighted by Crippen LogP contribution is -2.38. The molecule has 1 aliphatic heterocycles. The van der Waals surface area contributed by atoms with Crippen LogP contribution in [0.5, 0.6) is 0 Å². The van der Waals surface area contributed by atoms with Gasteiger partial charge in [-0.2, -0.15) is 0 Å². The number of aliphatic hydroxyl groups excluding tert-OH is 1. The summed E-state index contributed by atoms with van der Waals surface area (Å²) in [5.74, 6) is 1.95. The number of aliphatic hydroxyl groups is 1. The van der Waals surface area contributed by atoms with E-state index < -0.39 is 6.10 Å². The Hall–Kier alpha value is -1.88. The summed E-state index contributed by atoms with van der Waals surface area (Å²) in [5.41, 5.74) is 1.03. The van der Waals surface area contributed by atoms with E-state index in [0.29, 0.717) is 0 Å². The van der Waals surface area contributed by atoms with E-state index >= 15 is 0 Å². The molecular weight excluding hydrogens is 264 g/mol. The Balaban J connectivity index is 1.75. The molecule has 5 heteroatoms. The molecule has 2 aromatic heterocycles. The second-order valence-corrected chi connectivity index (χ2v) is 5.83. The molecule has 1 aliphatic rings. The molecule has 1 fully saturated rings. The number of aromatic nitrogens is 3. The lowest BCUT2D eigenvalue weighted by atomic mass is 9.92. The molecule has 0 bridgehead atoms. The maximum atomic E-state index is 10.6. The van der Waals surface area contributed by atoms with Crippen molar-refractivity contribution in [2.45, 2.75) is 25.9 Å². The molecule has 1 saturated heterocycles. The van der Waals surface area contributed by atoms with Crippen molar-refractivity contribution >= 4 is 5.82 Å². The largest absolute Gasteiger partial charge is 0.385 e. The fourth-order valence-corrected chi connectivity index (χ4v) is 3.05. The molecule has 0 radical (unpaired) electrons. The van der Waals surface area contributed by atoms with Crippen LogP contribution < -0.4 is 4.90 Å². The van der Waals surface area contributed by atoms with Crippen molar-refractivity contribution in [2.24, 2.45) is 13.0 Å². The number of piperidine rings is 1. The van der Waals surface area contributed by atoms with Crippen molar-refractivity contribution in [2.75, 3.05) is 18.0 Å². The van der Waals surface area contributed by atoms with Crippen molar-refractivity contribution in [3.05, 3.63) is 42.1 Å². The third kappa shape index (κ3) is 2.93. The number of imidazole rings is 1. The standard InChI is InChI=1S/C16H22N4O/c1-12-5-3-7-14(18-12)20-9-4-6-13(11-20)15(21)16-17-8-10-19(16)2/h3,5,7-8,10,13,15,21H,4,6,9,11H2,1-2H3. The number of rotatable bonds is 3. The predicted molar refractivity (Wildman–Crippen MR) is 82.1 cm³/mol.